The topological polar surface area (TPSA) is 95.5 Å². The van der Waals surface area contributed by atoms with E-state index in [1.165, 1.54) is 64.2 Å². The van der Waals surface area contributed by atoms with E-state index in [0.29, 0.717) is 27.9 Å². The van der Waals surface area contributed by atoms with Crippen LogP contribution in [0.15, 0.2) is 36.5 Å². The Bertz CT molecular complexity index is 1130. The van der Waals surface area contributed by atoms with Gasteiger partial charge >= 0.3 is 6.61 Å². The van der Waals surface area contributed by atoms with E-state index < -0.39 is 6.61 Å². The highest BCUT2D eigenvalue weighted by atomic mass is 19.3. The fourth-order valence-corrected chi connectivity index (χ4v) is 4.72. The third kappa shape index (κ3) is 7.53. The second kappa shape index (κ2) is 14.1. The number of ether oxygens (including phenoxy) is 2. The van der Waals surface area contributed by atoms with Crippen molar-refractivity contribution in [3.05, 3.63) is 42.1 Å². The van der Waals surface area contributed by atoms with Crippen molar-refractivity contribution < 1.29 is 23.0 Å². The second-order valence-corrected chi connectivity index (χ2v) is 9.13. The molecule has 0 atom stereocenters. The SMILES string of the molecule is C1CCC(N2CCOCC2)C1.CC(C)n1nc(-c2cccc(OC(F)F)c2)c2ncc(C=O)cc21.CN. The third-order valence-corrected chi connectivity index (χ3v) is 6.41. The molecule has 202 valence electrons. The van der Waals surface area contributed by atoms with Gasteiger partial charge in [-0.15, -0.1) is 0 Å². The number of hydrogen-bond acceptors (Lipinski definition) is 7. The summed E-state index contributed by atoms with van der Waals surface area (Å²) >= 11 is 0. The standard InChI is InChI=1S/C17H15F2N3O2.C9H17NO.CH5N/c1-10(2)22-14-6-11(9-23)8-20-16(14)15(21-22)12-4-3-5-13(7-12)24-17(18)19;1-2-4-9(3-1)10-5-7-11-8-6-10;1-2/h3-10,17H,1-2H3;9H,1-8H2;2H2,1H3. The number of nitrogens with two attached hydrogens (primary N) is 1. The number of rotatable bonds is 6. The molecule has 1 saturated carbocycles. The van der Waals surface area contributed by atoms with E-state index in [1.807, 2.05) is 13.8 Å². The van der Waals surface area contributed by atoms with E-state index >= 15 is 0 Å². The number of halogens is 2. The molecule has 1 aliphatic carbocycles. The van der Waals surface area contributed by atoms with Crippen LogP contribution < -0.4 is 10.5 Å². The number of alkyl halides is 2. The minimum atomic E-state index is -2.89. The molecule has 8 nitrogen and oxygen atoms in total. The summed E-state index contributed by atoms with van der Waals surface area (Å²) in [6.45, 7) is 5.28. The van der Waals surface area contributed by atoms with Crippen LogP contribution in [-0.4, -0.2) is 72.0 Å². The number of morpholine rings is 1. The van der Waals surface area contributed by atoms with Gasteiger partial charge in [-0.2, -0.15) is 13.9 Å². The van der Waals surface area contributed by atoms with Crippen molar-refractivity contribution in [2.24, 2.45) is 5.73 Å². The molecule has 0 unspecified atom stereocenters. The van der Waals surface area contributed by atoms with E-state index in [4.69, 9.17) is 4.74 Å². The molecule has 2 aromatic heterocycles. The minimum absolute atomic E-state index is 0.0467. The Balaban J connectivity index is 0.000000243. The summed E-state index contributed by atoms with van der Waals surface area (Å²) in [6.07, 6.45) is 7.94. The van der Waals surface area contributed by atoms with E-state index in [-0.39, 0.29) is 11.8 Å². The fourth-order valence-electron chi connectivity index (χ4n) is 4.72. The average Bonchev–Trinajstić information content (AvgIpc) is 3.59. The molecule has 10 heteroatoms. The van der Waals surface area contributed by atoms with Crippen LogP contribution in [0.4, 0.5) is 8.78 Å². The van der Waals surface area contributed by atoms with E-state index in [0.717, 1.165) is 25.5 Å². The molecule has 1 aromatic carbocycles. The number of fused-ring (bicyclic) bond motifs is 1. The van der Waals surface area contributed by atoms with E-state index in [9.17, 15) is 13.6 Å². The lowest BCUT2D eigenvalue weighted by Gasteiger charge is -2.31. The lowest BCUT2D eigenvalue weighted by atomic mass is 10.1. The zero-order chi connectivity index (χ0) is 26.8. The largest absolute Gasteiger partial charge is 0.435 e. The predicted molar refractivity (Wildman–Crippen MR) is 140 cm³/mol. The molecule has 1 aliphatic heterocycles. The summed E-state index contributed by atoms with van der Waals surface area (Å²) in [5.74, 6) is 0.0549. The van der Waals surface area contributed by atoms with E-state index in [1.54, 1.807) is 22.9 Å². The number of carbonyl (C=O) groups is 1. The zero-order valence-electron chi connectivity index (χ0n) is 21.8. The highest BCUT2D eigenvalue weighted by molar-refractivity contribution is 5.93. The summed E-state index contributed by atoms with van der Waals surface area (Å²) in [7, 11) is 1.50. The summed E-state index contributed by atoms with van der Waals surface area (Å²) < 4.78 is 36.3. The van der Waals surface area contributed by atoms with Crippen molar-refractivity contribution in [3.63, 3.8) is 0 Å². The molecule has 3 aromatic rings. The smallest absolute Gasteiger partial charge is 0.387 e. The summed E-state index contributed by atoms with van der Waals surface area (Å²) in [6, 6.07) is 8.98. The fraction of sp³-hybridized carbons (Fsp3) is 0.519. The van der Waals surface area contributed by atoms with Gasteiger partial charge in [0, 0.05) is 42.5 Å². The molecule has 0 spiro atoms. The highest BCUT2D eigenvalue weighted by Gasteiger charge is 2.23. The summed E-state index contributed by atoms with van der Waals surface area (Å²) in [4.78, 5) is 17.9. The van der Waals surface area contributed by atoms with Crippen LogP contribution in [0.3, 0.4) is 0 Å². The van der Waals surface area contributed by atoms with Gasteiger partial charge in [0.15, 0.2) is 6.29 Å². The lowest BCUT2D eigenvalue weighted by molar-refractivity contribution is -0.0498. The van der Waals surface area contributed by atoms with Crippen LogP contribution in [0, 0.1) is 0 Å². The quantitative estimate of drug-likeness (QED) is 0.463. The molecule has 2 N–H and O–H groups in total. The maximum absolute atomic E-state index is 12.4. The number of hydrogen-bond donors (Lipinski definition) is 1. The van der Waals surface area contributed by atoms with Gasteiger partial charge in [-0.3, -0.25) is 19.4 Å². The maximum atomic E-state index is 12.4. The molecule has 3 heterocycles. The van der Waals surface area contributed by atoms with Crippen molar-refractivity contribution in [1.82, 2.24) is 19.7 Å². The average molecular weight is 518 g/mol. The summed E-state index contributed by atoms with van der Waals surface area (Å²) in [5, 5.41) is 4.55. The van der Waals surface area contributed by atoms with Crippen LogP contribution >= 0.6 is 0 Å². The van der Waals surface area contributed by atoms with Crippen molar-refractivity contribution in [2.45, 2.75) is 58.2 Å². The Morgan fingerprint density at radius 2 is 1.84 bits per heavy atom. The highest BCUT2D eigenvalue weighted by Crippen LogP contribution is 2.31. The number of pyridine rings is 1. The first-order valence-electron chi connectivity index (χ1n) is 12.7. The van der Waals surface area contributed by atoms with Gasteiger partial charge in [-0.05, 0) is 51.9 Å². The van der Waals surface area contributed by atoms with Gasteiger partial charge in [0.1, 0.15) is 17.0 Å². The minimum Gasteiger partial charge on any atom is -0.435 e. The molecule has 0 amide bonds. The van der Waals surface area contributed by atoms with Crippen molar-refractivity contribution >= 4 is 17.3 Å². The first-order valence-corrected chi connectivity index (χ1v) is 12.7. The molecular weight excluding hydrogens is 480 g/mol. The summed E-state index contributed by atoms with van der Waals surface area (Å²) in [5.41, 5.74) is 7.43. The molecule has 2 fully saturated rings. The molecule has 0 radical (unpaired) electrons. The van der Waals surface area contributed by atoms with Gasteiger partial charge in [0.2, 0.25) is 0 Å². The van der Waals surface area contributed by atoms with Crippen LogP contribution in [-0.2, 0) is 4.74 Å². The third-order valence-electron chi connectivity index (χ3n) is 6.41. The van der Waals surface area contributed by atoms with Gasteiger partial charge < -0.3 is 15.2 Å². The molecule has 1 saturated heterocycles. The monoisotopic (exact) mass is 517 g/mol. The van der Waals surface area contributed by atoms with E-state index in [2.05, 4.69) is 25.5 Å². The molecule has 5 rings (SSSR count). The van der Waals surface area contributed by atoms with Crippen molar-refractivity contribution in [1.29, 1.82) is 0 Å². The van der Waals surface area contributed by atoms with Crippen molar-refractivity contribution in [2.75, 3.05) is 33.4 Å². The van der Waals surface area contributed by atoms with Gasteiger partial charge in [-0.25, -0.2) is 0 Å². The predicted octanol–water partition coefficient (Wildman–Crippen LogP) is 4.93. The Labute approximate surface area is 216 Å². The number of aromatic nitrogens is 3. The van der Waals surface area contributed by atoms with Crippen LogP contribution in [0.1, 0.15) is 55.9 Å². The van der Waals surface area contributed by atoms with Gasteiger partial charge in [0.25, 0.3) is 0 Å². The van der Waals surface area contributed by atoms with Crippen LogP contribution in [0.5, 0.6) is 5.75 Å². The van der Waals surface area contributed by atoms with Crippen LogP contribution in [0.2, 0.25) is 0 Å². The lowest BCUT2D eigenvalue weighted by Crippen LogP contribution is -2.42. The Morgan fingerprint density at radius 1 is 1.14 bits per heavy atom. The van der Waals surface area contributed by atoms with Gasteiger partial charge in [-0.1, -0.05) is 25.0 Å². The first kappa shape index (κ1) is 28.6. The number of carbonyl (C=O) groups excluding carboxylic acids is 1. The molecule has 0 bridgehead atoms. The normalized spacial score (nSPS) is 16.3. The zero-order valence-corrected chi connectivity index (χ0v) is 21.8. The molecule has 37 heavy (non-hydrogen) atoms. The van der Waals surface area contributed by atoms with Gasteiger partial charge in [0.05, 0.1) is 18.7 Å². The van der Waals surface area contributed by atoms with Crippen LogP contribution in [0.25, 0.3) is 22.3 Å². The first-order chi connectivity index (χ1) is 18.0. The molecule has 2 aliphatic rings. The number of nitrogens with zero attached hydrogens (tertiary/aromatic N) is 4. The Kier molecular flexibility index (Phi) is 10.9. The Hall–Kier alpha value is -2.95. The second-order valence-electron chi connectivity index (χ2n) is 9.13. The van der Waals surface area contributed by atoms with Crippen molar-refractivity contribution in [3.8, 4) is 17.0 Å². The maximum Gasteiger partial charge on any atom is 0.387 e. The number of benzene rings is 1. The number of aldehydes is 1. The molecular formula is C27H37F2N5O3. The Morgan fingerprint density at radius 3 is 2.46 bits per heavy atom.